The predicted octanol–water partition coefficient (Wildman–Crippen LogP) is 0.810. The number of benzene rings is 1. The van der Waals surface area contributed by atoms with Crippen molar-refractivity contribution in [3.05, 3.63) is 23.8 Å². The molecule has 0 aliphatic heterocycles. The first-order chi connectivity index (χ1) is 10.1. The molecule has 2 amide bonds. The minimum Gasteiger partial charge on any atom is -0.490 e. The quantitative estimate of drug-likeness (QED) is 0.441. The highest BCUT2D eigenvalue weighted by Crippen LogP contribution is 2.28. The Morgan fingerprint density at radius 2 is 2.05 bits per heavy atom. The summed E-state index contributed by atoms with van der Waals surface area (Å²) < 4.78 is 11.1. The standard InChI is InChI=1S/C14H19N3O4/c1-3-7-21-11-6-5-10(8-12(11)20-4-2)9-16-17-14(19)13(15)18/h5-6,8-9H,3-4,7H2,1-2H3,(H2,15,18)(H,17,19)/b16-9-. The van der Waals surface area contributed by atoms with E-state index in [2.05, 4.69) is 5.10 Å². The van der Waals surface area contributed by atoms with Gasteiger partial charge >= 0.3 is 11.8 Å². The van der Waals surface area contributed by atoms with Gasteiger partial charge in [0.05, 0.1) is 19.4 Å². The molecule has 3 N–H and O–H groups in total. The molecule has 1 aromatic rings. The highest BCUT2D eigenvalue weighted by molar-refractivity contribution is 6.34. The summed E-state index contributed by atoms with van der Waals surface area (Å²) in [5, 5.41) is 3.63. The number of primary amides is 1. The van der Waals surface area contributed by atoms with E-state index < -0.39 is 11.8 Å². The maximum absolute atomic E-state index is 10.9. The van der Waals surface area contributed by atoms with E-state index in [1.807, 2.05) is 19.3 Å². The Bertz CT molecular complexity index is 529. The number of amides is 2. The van der Waals surface area contributed by atoms with Crippen LogP contribution in [0.5, 0.6) is 11.5 Å². The normalized spacial score (nSPS) is 10.4. The summed E-state index contributed by atoms with van der Waals surface area (Å²) in [4.78, 5) is 21.5. The van der Waals surface area contributed by atoms with Crippen molar-refractivity contribution >= 4 is 18.0 Å². The first-order valence-corrected chi connectivity index (χ1v) is 6.61. The fourth-order valence-electron chi connectivity index (χ4n) is 1.43. The molecule has 0 saturated heterocycles. The van der Waals surface area contributed by atoms with E-state index >= 15 is 0 Å². The van der Waals surface area contributed by atoms with Crippen molar-refractivity contribution in [2.45, 2.75) is 20.3 Å². The van der Waals surface area contributed by atoms with Crippen LogP contribution in [0.1, 0.15) is 25.8 Å². The number of carbonyl (C=O) groups is 2. The van der Waals surface area contributed by atoms with Crippen molar-refractivity contribution in [2.24, 2.45) is 10.8 Å². The van der Waals surface area contributed by atoms with Gasteiger partial charge in [0.15, 0.2) is 11.5 Å². The Kier molecular flexibility index (Phi) is 6.73. The number of nitrogens with zero attached hydrogens (tertiary/aromatic N) is 1. The zero-order valence-electron chi connectivity index (χ0n) is 12.1. The van der Waals surface area contributed by atoms with Gasteiger partial charge in [-0.15, -0.1) is 0 Å². The molecule has 7 heteroatoms. The summed E-state index contributed by atoms with van der Waals surface area (Å²) in [5.41, 5.74) is 7.49. The number of rotatable bonds is 7. The Morgan fingerprint density at radius 1 is 1.29 bits per heavy atom. The number of carbonyl (C=O) groups excluding carboxylic acids is 2. The van der Waals surface area contributed by atoms with E-state index in [0.29, 0.717) is 30.3 Å². The van der Waals surface area contributed by atoms with Gasteiger partial charge in [-0.25, -0.2) is 5.43 Å². The van der Waals surface area contributed by atoms with E-state index in [-0.39, 0.29) is 0 Å². The molecule has 7 nitrogen and oxygen atoms in total. The molecule has 0 atom stereocenters. The molecule has 0 saturated carbocycles. The highest BCUT2D eigenvalue weighted by Gasteiger charge is 2.07. The van der Waals surface area contributed by atoms with Crippen molar-refractivity contribution < 1.29 is 19.1 Å². The van der Waals surface area contributed by atoms with E-state index in [1.165, 1.54) is 6.21 Å². The molecule has 0 fully saturated rings. The van der Waals surface area contributed by atoms with Crippen molar-refractivity contribution in [3.8, 4) is 11.5 Å². The van der Waals surface area contributed by atoms with Crippen molar-refractivity contribution in [2.75, 3.05) is 13.2 Å². The van der Waals surface area contributed by atoms with Gasteiger partial charge in [0.1, 0.15) is 0 Å². The summed E-state index contributed by atoms with van der Waals surface area (Å²) in [5.74, 6) is -0.821. The molecule has 0 heterocycles. The molecule has 0 aromatic heterocycles. The average molecular weight is 293 g/mol. The van der Waals surface area contributed by atoms with Crippen LogP contribution in [0, 0.1) is 0 Å². The number of ether oxygens (including phenoxy) is 2. The second kappa shape index (κ2) is 8.57. The Hall–Kier alpha value is -2.57. The fourth-order valence-corrected chi connectivity index (χ4v) is 1.43. The van der Waals surface area contributed by atoms with E-state index in [0.717, 1.165) is 6.42 Å². The smallest absolute Gasteiger partial charge is 0.329 e. The second-order valence-corrected chi connectivity index (χ2v) is 4.05. The lowest BCUT2D eigenvalue weighted by Crippen LogP contribution is -2.32. The Morgan fingerprint density at radius 3 is 2.67 bits per heavy atom. The van der Waals surface area contributed by atoms with Crippen molar-refractivity contribution in [3.63, 3.8) is 0 Å². The summed E-state index contributed by atoms with van der Waals surface area (Å²) in [6, 6.07) is 5.25. The lowest BCUT2D eigenvalue weighted by Gasteiger charge is -2.11. The van der Waals surface area contributed by atoms with Gasteiger partial charge in [-0.2, -0.15) is 5.10 Å². The van der Waals surface area contributed by atoms with Crippen molar-refractivity contribution in [1.82, 2.24) is 5.43 Å². The first kappa shape index (κ1) is 16.5. The van der Waals surface area contributed by atoms with Crippen LogP contribution in [-0.2, 0) is 9.59 Å². The maximum atomic E-state index is 10.9. The molecular weight excluding hydrogens is 274 g/mol. The lowest BCUT2D eigenvalue weighted by molar-refractivity contribution is -0.137. The summed E-state index contributed by atoms with van der Waals surface area (Å²) in [6.07, 6.45) is 2.28. The lowest BCUT2D eigenvalue weighted by atomic mass is 10.2. The third-order valence-electron chi connectivity index (χ3n) is 2.33. The molecule has 1 aromatic carbocycles. The van der Waals surface area contributed by atoms with E-state index in [1.54, 1.807) is 18.2 Å². The van der Waals surface area contributed by atoms with Gasteiger partial charge in [0, 0.05) is 0 Å². The van der Waals surface area contributed by atoms with Crippen LogP contribution in [-0.4, -0.2) is 31.2 Å². The molecule has 1 rings (SSSR count). The van der Waals surface area contributed by atoms with Crippen LogP contribution in [0.25, 0.3) is 0 Å². The van der Waals surface area contributed by atoms with Gasteiger partial charge in [-0.1, -0.05) is 6.92 Å². The molecule has 0 unspecified atom stereocenters. The van der Waals surface area contributed by atoms with Gasteiger partial charge in [0.25, 0.3) is 0 Å². The topological polar surface area (TPSA) is 103 Å². The SMILES string of the molecule is CCCOc1ccc(/C=N\NC(=O)C(N)=O)cc1OCC. The number of nitrogens with two attached hydrogens (primary N) is 1. The molecule has 0 aliphatic rings. The first-order valence-electron chi connectivity index (χ1n) is 6.61. The molecule has 0 spiro atoms. The Labute approximate surface area is 123 Å². The largest absolute Gasteiger partial charge is 0.490 e. The highest BCUT2D eigenvalue weighted by atomic mass is 16.5. The molecular formula is C14H19N3O4. The molecule has 0 radical (unpaired) electrons. The van der Waals surface area contributed by atoms with Crippen molar-refractivity contribution in [1.29, 1.82) is 0 Å². The predicted molar refractivity (Wildman–Crippen MR) is 78.3 cm³/mol. The third-order valence-corrected chi connectivity index (χ3v) is 2.33. The molecule has 114 valence electrons. The summed E-state index contributed by atoms with van der Waals surface area (Å²) in [7, 11) is 0. The molecule has 21 heavy (non-hydrogen) atoms. The van der Waals surface area contributed by atoms with Gasteiger partial charge in [-0.05, 0) is 37.1 Å². The van der Waals surface area contributed by atoms with Gasteiger partial charge in [0.2, 0.25) is 0 Å². The van der Waals surface area contributed by atoms with E-state index in [4.69, 9.17) is 15.2 Å². The minimum atomic E-state index is -1.09. The summed E-state index contributed by atoms with van der Waals surface area (Å²) >= 11 is 0. The minimum absolute atomic E-state index is 0.501. The van der Waals surface area contributed by atoms with Crippen LogP contribution in [0.2, 0.25) is 0 Å². The second-order valence-electron chi connectivity index (χ2n) is 4.05. The fraction of sp³-hybridized carbons (Fsp3) is 0.357. The number of hydrogen-bond donors (Lipinski definition) is 2. The number of nitrogens with one attached hydrogen (secondary N) is 1. The van der Waals surface area contributed by atoms with E-state index in [9.17, 15) is 9.59 Å². The summed E-state index contributed by atoms with van der Waals surface area (Å²) in [6.45, 7) is 4.99. The van der Waals surface area contributed by atoms with Crippen LogP contribution >= 0.6 is 0 Å². The average Bonchev–Trinajstić information content (AvgIpc) is 2.46. The molecule has 0 bridgehead atoms. The van der Waals surface area contributed by atoms with Gasteiger partial charge in [-0.3, -0.25) is 9.59 Å². The van der Waals surface area contributed by atoms with Gasteiger partial charge < -0.3 is 15.2 Å². The van der Waals surface area contributed by atoms with Crippen LogP contribution < -0.4 is 20.6 Å². The van der Waals surface area contributed by atoms with Crippen LogP contribution in [0.4, 0.5) is 0 Å². The third kappa shape index (κ3) is 5.52. The molecule has 0 aliphatic carbocycles. The van der Waals surface area contributed by atoms with Crippen LogP contribution in [0.3, 0.4) is 0 Å². The Balaban J connectivity index is 2.79. The van der Waals surface area contributed by atoms with Crippen LogP contribution in [0.15, 0.2) is 23.3 Å². The zero-order chi connectivity index (χ0) is 15.7. The maximum Gasteiger partial charge on any atom is 0.329 e. The number of hydrazone groups is 1. The number of hydrogen-bond acceptors (Lipinski definition) is 5. The zero-order valence-corrected chi connectivity index (χ0v) is 12.1. The monoisotopic (exact) mass is 293 g/mol.